The van der Waals surface area contributed by atoms with Gasteiger partial charge in [-0.05, 0) is 35.4 Å². The molecule has 3 rings (SSSR count). The fraction of sp³-hybridized carbons (Fsp3) is 0.0625. The molecule has 3 heteroatoms. The molecule has 0 aliphatic heterocycles. The van der Waals surface area contributed by atoms with Crippen LogP contribution in [-0.4, -0.2) is 10.9 Å². The van der Waals surface area contributed by atoms with E-state index in [9.17, 15) is 4.79 Å². The molecule has 3 nitrogen and oxygen atoms in total. The molecule has 2 N–H and O–H groups in total. The van der Waals surface area contributed by atoms with Crippen molar-refractivity contribution in [1.29, 1.82) is 0 Å². The lowest BCUT2D eigenvalue weighted by molar-refractivity contribution is -0.114. The molecule has 0 radical (unpaired) electrons. The average Bonchev–Trinajstić information content (AvgIpc) is 2.86. The van der Waals surface area contributed by atoms with Crippen molar-refractivity contribution < 1.29 is 4.79 Å². The summed E-state index contributed by atoms with van der Waals surface area (Å²) in [7, 11) is 0. The molecule has 0 aliphatic carbocycles. The lowest BCUT2D eigenvalue weighted by Gasteiger charge is -2.07. The zero-order valence-corrected chi connectivity index (χ0v) is 10.6. The fourth-order valence-electron chi connectivity index (χ4n) is 2.30. The maximum Gasteiger partial charge on any atom is 0.221 e. The van der Waals surface area contributed by atoms with E-state index in [2.05, 4.69) is 28.5 Å². The van der Waals surface area contributed by atoms with Crippen LogP contribution in [0.25, 0.3) is 22.0 Å². The van der Waals surface area contributed by atoms with Crippen LogP contribution >= 0.6 is 0 Å². The van der Waals surface area contributed by atoms with Gasteiger partial charge in [-0.25, -0.2) is 0 Å². The van der Waals surface area contributed by atoms with E-state index < -0.39 is 0 Å². The van der Waals surface area contributed by atoms with Crippen LogP contribution in [0, 0.1) is 0 Å². The zero-order valence-electron chi connectivity index (χ0n) is 10.6. The minimum atomic E-state index is -0.0583. The van der Waals surface area contributed by atoms with Gasteiger partial charge in [0.25, 0.3) is 0 Å². The number of carbonyl (C=O) groups excluding carboxylic acids is 1. The molecule has 0 saturated heterocycles. The van der Waals surface area contributed by atoms with Gasteiger partial charge < -0.3 is 10.3 Å². The number of aromatic nitrogens is 1. The normalized spacial score (nSPS) is 10.6. The molecule has 0 saturated carbocycles. The Bertz CT molecular complexity index is 743. The first-order chi connectivity index (χ1) is 9.24. The summed E-state index contributed by atoms with van der Waals surface area (Å²) in [6.07, 6.45) is 1.94. The van der Waals surface area contributed by atoms with Gasteiger partial charge in [-0.3, -0.25) is 4.79 Å². The smallest absolute Gasteiger partial charge is 0.221 e. The Kier molecular flexibility index (Phi) is 2.80. The number of hydrogen-bond acceptors (Lipinski definition) is 1. The summed E-state index contributed by atoms with van der Waals surface area (Å²) in [5.41, 5.74) is 4.18. The van der Waals surface area contributed by atoms with Gasteiger partial charge in [-0.1, -0.05) is 24.3 Å². The molecule has 0 unspecified atom stereocenters. The summed E-state index contributed by atoms with van der Waals surface area (Å²) in [5, 5.41) is 3.99. The molecule has 0 aliphatic rings. The molecule has 1 aromatic heterocycles. The summed E-state index contributed by atoms with van der Waals surface area (Å²) in [4.78, 5) is 14.3. The van der Waals surface area contributed by atoms with Gasteiger partial charge in [0.15, 0.2) is 0 Å². The third kappa shape index (κ3) is 2.22. The molecule has 2 aromatic carbocycles. The van der Waals surface area contributed by atoms with Crippen LogP contribution in [0.4, 0.5) is 5.69 Å². The van der Waals surface area contributed by atoms with E-state index in [4.69, 9.17) is 0 Å². The number of anilines is 1. The molecular weight excluding hydrogens is 236 g/mol. The zero-order chi connectivity index (χ0) is 13.2. The molecule has 94 valence electrons. The Morgan fingerprint density at radius 3 is 2.79 bits per heavy atom. The number of carbonyl (C=O) groups is 1. The van der Waals surface area contributed by atoms with Crippen LogP contribution in [0.1, 0.15) is 6.92 Å². The summed E-state index contributed by atoms with van der Waals surface area (Å²) in [6, 6.07) is 16.1. The van der Waals surface area contributed by atoms with Crippen molar-refractivity contribution in [3.8, 4) is 11.1 Å². The highest BCUT2D eigenvalue weighted by molar-refractivity contribution is 5.96. The van der Waals surface area contributed by atoms with Crippen molar-refractivity contribution in [3.05, 3.63) is 54.7 Å². The summed E-state index contributed by atoms with van der Waals surface area (Å²) in [5.74, 6) is -0.0583. The molecule has 0 fully saturated rings. The standard InChI is InChI=1S/C16H14N2O/c1-11(19)18-13-5-2-4-12(10-13)14-6-3-7-16-15(14)8-9-17-16/h2-10,17H,1H3,(H,18,19). The minimum Gasteiger partial charge on any atom is -0.361 e. The second kappa shape index (κ2) is 4.61. The van der Waals surface area contributed by atoms with Gasteiger partial charge in [-0.15, -0.1) is 0 Å². The first kappa shape index (κ1) is 11.5. The Morgan fingerprint density at radius 2 is 1.95 bits per heavy atom. The molecule has 0 bridgehead atoms. The number of H-pyrrole nitrogens is 1. The van der Waals surface area contributed by atoms with Crippen LogP contribution in [0.15, 0.2) is 54.7 Å². The highest BCUT2D eigenvalue weighted by atomic mass is 16.1. The largest absolute Gasteiger partial charge is 0.361 e. The predicted molar refractivity (Wildman–Crippen MR) is 78.0 cm³/mol. The number of fused-ring (bicyclic) bond motifs is 1. The van der Waals surface area contributed by atoms with E-state index in [1.54, 1.807) is 0 Å². The van der Waals surface area contributed by atoms with Crippen LogP contribution in [0.5, 0.6) is 0 Å². The van der Waals surface area contributed by atoms with Crippen LogP contribution in [-0.2, 0) is 4.79 Å². The quantitative estimate of drug-likeness (QED) is 0.714. The van der Waals surface area contributed by atoms with Gasteiger partial charge in [0.05, 0.1) is 0 Å². The van der Waals surface area contributed by atoms with Crippen molar-refractivity contribution in [2.45, 2.75) is 6.92 Å². The molecule has 19 heavy (non-hydrogen) atoms. The molecule has 0 spiro atoms. The Balaban J connectivity index is 2.11. The van der Waals surface area contributed by atoms with E-state index in [1.165, 1.54) is 12.3 Å². The first-order valence-electron chi connectivity index (χ1n) is 6.18. The second-order valence-electron chi connectivity index (χ2n) is 4.51. The van der Waals surface area contributed by atoms with E-state index in [0.29, 0.717) is 0 Å². The Hall–Kier alpha value is -2.55. The molecule has 1 amide bonds. The lowest BCUT2D eigenvalue weighted by Crippen LogP contribution is -2.05. The van der Waals surface area contributed by atoms with Crippen LogP contribution in [0.2, 0.25) is 0 Å². The highest BCUT2D eigenvalue weighted by Crippen LogP contribution is 2.29. The van der Waals surface area contributed by atoms with Crippen molar-refractivity contribution in [1.82, 2.24) is 4.98 Å². The number of benzene rings is 2. The highest BCUT2D eigenvalue weighted by Gasteiger charge is 2.05. The number of nitrogens with one attached hydrogen (secondary N) is 2. The average molecular weight is 250 g/mol. The molecule has 3 aromatic rings. The van der Waals surface area contributed by atoms with Gasteiger partial charge in [-0.2, -0.15) is 0 Å². The van der Waals surface area contributed by atoms with Crippen LogP contribution in [0.3, 0.4) is 0 Å². The first-order valence-corrected chi connectivity index (χ1v) is 6.18. The summed E-state index contributed by atoms with van der Waals surface area (Å²) >= 11 is 0. The van der Waals surface area contributed by atoms with Crippen molar-refractivity contribution in [3.63, 3.8) is 0 Å². The van der Waals surface area contributed by atoms with E-state index in [-0.39, 0.29) is 5.91 Å². The van der Waals surface area contributed by atoms with E-state index >= 15 is 0 Å². The number of amides is 1. The maximum atomic E-state index is 11.1. The van der Waals surface area contributed by atoms with Crippen molar-refractivity contribution in [2.24, 2.45) is 0 Å². The van der Waals surface area contributed by atoms with Crippen molar-refractivity contribution in [2.75, 3.05) is 5.32 Å². The van der Waals surface area contributed by atoms with Crippen molar-refractivity contribution >= 4 is 22.5 Å². The predicted octanol–water partition coefficient (Wildman–Crippen LogP) is 3.79. The SMILES string of the molecule is CC(=O)Nc1cccc(-c2cccc3[nH]ccc23)c1. The van der Waals surface area contributed by atoms with Gasteiger partial charge in [0.2, 0.25) is 5.91 Å². The number of hydrogen-bond donors (Lipinski definition) is 2. The van der Waals surface area contributed by atoms with E-state index in [1.807, 2.05) is 36.5 Å². The molecule has 1 heterocycles. The topological polar surface area (TPSA) is 44.9 Å². The van der Waals surface area contributed by atoms with Gasteiger partial charge >= 0.3 is 0 Å². The Morgan fingerprint density at radius 1 is 1.11 bits per heavy atom. The number of rotatable bonds is 2. The fourth-order valence-corrected chi connectivity index (χ4v) is 2.30. The van der Waals surface area contributed by atoms with Gasteiger partial charge in [0.1, 0.15) is 0 Å². The van der Waals surface area contributed by atoms with E-state index in [0.717, 1.165) is 22.3 Å². The summed E-state index contributed by atoms with van der Waals surface area (Å²) < 4.78 is 0. The Labute approximate surface area is 111 Å². The maximum absolute atomic E-state index is 11.1. The third-order valence-electron chi connectivity index (χ3n) is 3.09. The molecule has 0 atom stereocenters. The third-order valence-corrected chi connectivity index (χ3v) is 3.09. The monoisotopic (exact) mass is 250 g/mol. The number of aromatic amines is 1. The second-order valence-corrected chi connectivity index (χ2v) is 4.51. The van der Waals surface area contributed by atoms with Crippen LogP contribution < -0.4 is 5.32 Å². The lowest BCUT2D eigenvalue weighted by atomic mass is 10.0. The summed E-state index contributed by atoms with van der Waals surface area (Å²) in [6.45, 7) is 1.51. The minimum absolute atomic E-state index is 0.0583. The van der Waals surface area contributed by atoms with Gasteiger partial charge in [0, 0.05) is 29.7 Å². The molecular formula is C16H14N2O.